The highest BCUT2D eigenvalue weighted by Crippen LogP contribution is 2.31. The van der Waals surface area contributed by atoms with Gasteiger partial charge in [0.2, 0.25) is 15.9 Å². The van der Waals surface area contributed by atoms with Crippen LogP contribution in [0, 0.1) is 0 Å². The maximum atomic E-state index is 12.7. The van der Waals surface area contributed by atoms with E-state index >= 15 is 0 Å². The number of ether oxygens (including phenoxy) is 2. The molecule has 0 saturated heterocycles. The number of benzene rings is 1. The predicted molar refractivity (Wildman–Crippen MR) is 90.7 cm³/mol. The fraction of sp³-hybridized carbons (Fsp3) is 0.562. The summed E-state index contributed by atoms with van der Waals surface area (Å²) in [5.41, 5.74) is 0. The van der Waals surface area contributed by atoms with E-state index in [4.69, 9.17) is 9.47 Å². The third-order valence-electron chi connectivity index (χ3n) is 3.92. The fourth-order valence-electron chi connectivity index (χ4n) is 2.51. The van der Waals surface area contributed by atoms with Crippen LogP contribution < -0.4 is 9.47 Å². The van der Waals surface area contributed by atoms with E-state index in [1.807, 2.05) is 12.1 Å². The van der Waals surface area contributed by atoms with Crippen LogP contribution in [0.25, 0.3) is 0 Å². The molecule has 1 aliphatic rings. The first-order chi connectivity index (χ1) is 11.3. The number of carbonyl (C=O) groups excluding carboxylic acids is 1. The van der Waals surface area contributed by atoms with Gasteiger partial charge in [0.05, 0.1) is 6.54 Å². The minimum Gasteiger partial charge on any atom is -0.486 e. The van der Waals surface area contributed by atoms with E-state index in [1.54, 1.807) is 33.2 Å². The van der Waals surface area contributed by atoms with Gasteiger partial charge in [0.1, 0.15) is 12.7 Å². The van der Waals surface area contributed by atoms with Gasteiger partial charge in [-0.05, 0) is 19.1 Å². The van der Waals surface area contributed by atoms with Gasteiger partial charge in [0.15, 0.2) is 16.7 Å². The van der Waals surface area contributed by atoms with Gasteiger partial charge in [-0.2, -0.15) is 4.31 Å². The number of likely N-dealkylation sites (N-methyl/N-ethyl adjacent to an activating group) is 1. The normalized spacial score (nSPS) is 18.3. The lowest BCUT2D eigenvalue weighted by molar-refractivity contribution is -0.128. The lowest BCUT2D eigenvalue weighted by Gasteiger charge is -2.31. The first-order valence-corrected chi connectivity index (χ1v) is 9.36. The molecule has 1 aliphatic heterocycles. The van der Waals surface area contributed by atoms with Crippen molar-refractivity contribution in [2.75, 3.05) is 33.8 Å². The van der Waals surface area contributed by atoms with Crippen LogP contribution in [0.4, 0.5) is 0 Å². The van der Waals surface area contributed by atoms with Crippen LogP contribution in [0.15, 0.2) is 24.3 Å². The van der Waals surface area contributed by atoms with Gasteiger partial charge < -0.3 is 14.4 Å². The number of sulfonamides is 1. The zero-order valence-corrected chi connectivity index (χ0v) is 15.2. The van der Waals surface area contributed by atoms with Crippen LogP contribution in [-0.2, 0) is 14.8 Å². The van der Waals surface area contributed by atoms with Gasteiger partial charge in [-0.25, -0.2) is 8.42 Å². The summed E-state index contributed by atoms with van der Waals surface area (Å²) in [6, 6.07) is 7.26. The molecule has 134 valence electrons. The van der Waals surface area contributed by atoms with Crippen LogP contribution in [-0.4, -0.2) is 68.7 Å². The molecule has 1 amide bonds. The number of nitrogens with zero attached hydrogens (tertiary/aromatic N) is 2. The van der Waals surface area contributed by atoms with Crippen molar-refractivity contribution >= 4 is 15.9 Å². The van der Waals surface area contributed by atoms with E-state index in [0.717, 1.165) is 0 Å². The Bertz CT molecular complexity index is 689. The van der Waals surface area contributed by atoms with Crippen molar-refractivity contribution in [3.8, 4) is 11.5 Å². The fourth-order valence-corrected chi connectivity index (χ4v) is 4.15. The third-order valence-corrected chi connectivity index (χ3v) is 6.14. The summed E-state index contributed by atoms with van der Waals surface area (Å²) in [5.74, 6) is 0.801. The van der Waals surface area contributed by atoms with Crippen molar-refractivity contribution in [3.63, 3.8) is 0 Å². The molecule has 1 aromatic rings. The highest BCUT2D eigenvalue weighted by atomic mass is 32.2. The van der Waals surface area contributed by atoms with Gasteiger partial charge in [-0.15, -0.1) is 0 Å². The van der Waals surface area contributed by atoms with Crippen molar-refractivity contribution in [2.24, 2.45) is 0 Å². The van der Waals surface area contributed by atoms with E-state index in [1.165, 1.54) is 16.1 Å². The number of carbonyl (C=O) groups is 1. The predicted octanol–water partition coefficient (Wildman–Crippen LogP) is 0.955. The van der Waals surface area contributed by atoms with E-state index in [2.05, 4.69) is 0 Å². The molecule has 0 bridgehead atoms. The maximum Gasteiger partial charge on any atom is 0.241 e. The second kappa shape index (κ2) is 7.40. The Morgan fingerprint density at radius 2 is 1.92 bits per heavy atom. The summed E-state index contributed by atoms with van der Waals surface area (Å²) < 4.78 is 38.1. The largest absolute Gasteiger partial charge is 0.486 e. The Morgan fingerprint density at radius 3 is 2.50 bits per heavy atom. The summed E-state index contributed by atoms with van der Waals surface area (Å²) in [6.45, 7) is 3.81. The highest BCUT2D eigenvalue weighted by Gasteiger charge is 2.36. The van der Waals surface area contributed by atoms with Crippen molar-refractivity contribution in [3.05, 3.63) is 24.3 Å². The van der Waals surface area contributed by atoms with E-state index < -0.39 is 27.3 Å². The molecule has 7 nitrogen and oxygen atoms in total. The second-order valence-corrected chi connectivity index (χ2v) is 8.12. The third kappa shape index (κ3) is 3.81. The van der Waals surface area contributed by atoms with Crippen LogP contribution in [0.5, 0.6) is 11.5 Å². The number of fused-ring (bicyclic) bond motifs is 1. The van der Waals surface area contributed by atoms with E-state index in [-0.39, 0.29) is 19.7 Å². The lowest BCUT2D eigenvalue weighted by atomic mass is 10.2. The van der Waals surface area contributed by atoms with Gasteiger partial charge >= 0.3 is 0 Å². The van der Waals surface area contributed by atoms with Gasteiger partial charge in [-0.3, -0.25) is 4.79 Å². The molecule has 0 radical (unpaired) electrons. The Morgan fingerprint density at radius 1 is 1.29 bits per heavy atom. The van der Waals surface area contributed by atoms with Crippen LogP contribution in [0.1, 0.15) is 13.8 Å². The molecule has 0 fully saturated rings. The Kier molecular flexibility index (Phi) is 5.71. The molecule has 2 rings (SSSR count). The summed E-state index contributed by atoms with van der Waals surface area (Å²) in [5, 5.41) is -1.13. The molecule has 1 aromatic carbocycles. The number of hydrogen-bond acceptors (Lipinski definition) is 5. The maximum absolute atomic E-state index is 12.7. The minimum absolute atomic E-state index is 0.137. The topological polar surface area (TPSA) is 76.1 Å². The molecule has 0 aliphatic carbocycles. The zero-order valence-electron chi connectivity index (χ0n) is 14.4. The Labute approximate surface area is 143 Å². The number of amides is 1. The summed E-state index contributed by atoms with van der Waals surface area (Å²) in [4.78, 5) is 13.3. The summed E-state index contributed by atoms with van der Waals surface area (Å²) >= 11 is 0. The Balaban J connectivity index is 2.11. The smallest absolute Gasteiger partial charge is 0.241 e. The molecule has 0 N–H and O–H groups in total. The number of para-hydroxylation sites is 2. The van der Waals surface area contributed by atoms with Crippen molar-refractivity contribution in [1.82, 2.24) is 9.21 Å². The first kappa shape index (κ1) is 18.5. The van der Waals surface area contributed by atoms with E-state index in [9.17, 15) is 13.2 Å². The lowest BCUT2D eigenvalue weighted by Crippen LogP contribution is -2.49. The quantitative estimate of drug-likeness (QED) is 0.759. The molecule has 24 heavy (non-hydrogen) atoms. The van der Waals surface area contributed by atoms with Crippen LogP contribution >= 0.6 is 0 Å². The average Bonchev–Trinajstić information content (AvgIpc) is 2.57. The molecular weight excluding hydrogens is 332 g/mol. The molecule has 2 atom stereocenters. The summed E-state index contributed by atoms with van der Waals surface area (Å²) in [6.07, 6.45) is -0.420. The SMILES string of the molecule is CCN(C[C@H]1COc2ccccc2O1)S(=O)(=O)[C@H](C)C(=O)N(C)C. The molecule has 0 saturated carbocycles. The van der Waals surface area contributed by atoms with Crippen molar-refractivity contribution < 1.29 is 22.7 Å². The molecule has 1 heterocycles. The molecule has 0 aromatic heterocycles. The van der Waals surface area contributed by atoms with Crippen molar-refractivity contribution in [1.29, 1.82) is 0 Å². The zero-order chi connectivity index (χ0) is 17.9. The van der Waals surface area contributed by atoms with Gasteiger partial charge in [-0.1, -0.05) is 19.1 Å². The first-order valence-electron chi connectivity index (χ1n) is 7.86. The van der Waals surface area contributed by atoms with Gasteiger partial charge in [0.25, 0.3) is 0 Å². The number of hydrogen-bond donors (Lipinski definition) is 0. The highest BCUT2D eigenvalue weighted by molar-refractivity contribution is 7.90. The molecular formula is C16H24N2O5S. The monoisotopic (exact) mass is 356 g/mol. The second-order valence-electron chi connectivity index (χ2n) is 5.87. The van der Waals surface area contributed by atoms with Gasteiger partial charge in [0, 0.05) is 20.6 Å². The summed E-state index contributed by atoms with van der Waals surface area (Å²) in [7, 11) is -0.683. The molecule has 8 heteroatoms. The van der Waals surface area contributed by atoms with Crippen LogP contribution in [0.3, 0.4) is 0 Å². The molecule has 0 spiro atoms. The average molecular weight is 356 g/mol. The minimum atomic E-state index is -3.77. The Hall–Kier alpha value is -1.80. The van der Waals surface area contributed by atoms with E-state index in [0.29, 0.717) is 11.5 Å². The number of rotatable bonds is 6. The van der Waals surface area contributed by atoms with Crippen molar-refractivity contribution in [2.45, 2.75) is 25.2 Å². The van der Waals surface area contributed by atoms with Crippen LogP contribution in [0.2, 0.25) is 0 Å². The molecule has 0 unspecified atom stereocenters. The standard InChI is InChI=1S/C16H24N2O5S/c1-5-18(24(20,21)12(2)16(19)17(3)4)10-13-11-22-14-8-6-7-9-15(14)23-13/h6-9,12-13H,5,10-11H2,1-4H3/t12-,13+/m1/s1.